The van der Waals surface area contributed by atoms with Crippen molar-refractivity contribution in [3.05, 3.63) is 22.4 Å². The van der Waals surface area contributed by atoms with Crippen molar-refractivity contribution in [3.63, 3.8) is 0 Å². The van der Waals surface area contributed by atoms with Gasteiger partial charge in [0.2, 0.25) is 0 Å². The summed E-state index contributed by atoms with van der Waals surface area (Å²) in [5.41, 5.74) is 4.89. The van der Waals surface area contributed by atoms with Crippen LogP contribution in [0.1, 0.15) is 50.0 Å². The minimum Gasteiger partial charge on any atom is -0.480 e. The second-order valence-corrected chi connectivity index (χ2v) is 7.95. The molecule has 1 aromatic heterocycles. The SMILES string of the molecule is C[C@H](Oc1cc(C(=O)CC(C)(CC2CC2)/C(N)=N/O)ncc1Br)C(F)(F)F. The molecule has 1 aromatic rings. The number of Topliss-reactive ketones (excluding diaryl/α,β-unsaturated/α-hetero) is 1. The smallest absolute Gasteiger partial charge is 0.425 e. The monoisotopic (exact) mass is 451 g/mol. The minimum absolute atomic E-state index is 0.0460. The Balaban J connectivity index is 2.21. The second kappa shape index (κ2) is 8.04. The van der Waals surface area contributed by atoms with E-state index in [1.807, 2.05) is 0 Å². The molecule has 1 fully saturated rings. The number of halogens is 4. The van der Waals surface area contributed by atoms with Gasteiger partial charge in [-0.3, -0.25) is 9.78 Å². The van der Waals surface area contributed by atoms with Gasteiger partial charge in [-0.05, 0) is 35.2 Å². The van der Waals surface area contributed by atoms with Crippen LogP contribution in [0.3, 0.4) is 0 Å². The molecule has 1 aliphatic carbocycles. The highest BCUT2D eigenvalue weighted by Crippen LogP contribution is 2.42. The second-order valence-electron chi connectivity index (χ2n) is 7.10. The zero-order valence-electron chi connectivity index (χ0n) is 14.9. The fraction of sp³-hybridized carbons (Fsp3) is 0.588. The zero-order chi connectivity index (χ0) is 20.4. The van der Waals surface area contributed by atoms with Crippen molar-refractivity contribution in [2.75, 3.05) is 0 Å². The number of aromatic nitrogens is 1. The van der Waals surface area contributed by atoms with Crippen molar-refractivity contribution in [1.82, 2.24) is 4.98 Å². The topological polar surface area (TPSA) is 97.8 Å². The summed E-state index contributed by atoms with van der Waals surface area (Å²) < 4.78 is 43.3. The molecule has 0 saturated heterocycles. The lowest BCUT2D eigenvalue weighted by molar-refractivity contribution is -0.189. The Hall–Kier alpha value is -1.84. The van der Waals surface area contributed by atoms with Crippen molar-refractivity contribution in [2.45, 2.75) is 51.8 Å². The van der Waals surface area contributed by atoms with Gasteiger partial charge < -0.3 is 15.7 Å². The van der Waals surface area contributed by atoms with Gasteiger partial charge >= 0.3 is 6.18 Å². The number of nitrogens with zero attached hydrogens (tertiary/aromatic N) is 2. The first-order valence-electron chi connectivity index (χ1n) is 8.36. The molecule has 0 aliphatic heterocycles. The van der Waals surface area contributed by atoms with Gasteiger partial charge in [-0.2, -0.15) is 13.2 Å². The van der Waals surface area contributed by atoms with E-state index >= 15 is 0 Å². The predicted octanol–water partition coefficient (Wildman–Crippen LogP) is 4.30. The van der Waals surface area contributed by atoms with E-state index in [-0.39, 0.29) is 28.2 Å². The Morgan fingerprint density at radius 3 is 2.67 bits per heavy atom. The molecule has 2 atom stereocenters. The number of nitrogens with two attached hydrogens (primary N) is 1. The lowest BCUT2D eigenvalue weighted by atomic mass is 9.78. The third-order valence-electron chi connectivity index (χ3n) is 4.58. The summed E-state index contributed by atoms with van der Waals surface area (Å²) in [5.74, 6) is -0.206. The maximum Gasteiger partial charge on any atom is 0.425 e. The third kappa shape index (κ3) is 5.57. The molecule has 1 saturated carbocycles. The van der Waals surface area contributed by atoms with Gasteiger partial charge in [0.15, 0.2) is 11.9 Å². The van der Waals surface area contributed by atoms with Crippen LogP contribution in [0.25, 0.3) is 0 Å². The van der Waals surface area contributed by atoms with Crippen molar-refractivity contribution < 1.29 is 27.9 Å². The van der Waals surface area contributed by atoms with Crippen molar-refractivity contribution in [1.29, 1.82) is 0 Å². The van der Waals surface area contributed by atoms with Crippen molar-refractivity contribution in [2.24, 2.45) is 22.2 Å². The molecule has 0 aromatic carbocycles. The average molecular weight is 452 g/mol. The zero-order valence-corrected chi connectivity index (χ0v) is 16.5. The highest BCUT2D eigenvalue weighted by molar-refractivity contribution is 9.10. The number of ketones is 1. The lowest BCUT2D eigenvalue weighted by Crippen LogP contribution is -2.37. The van der Waals surface area contributed by atoms with Gasteiger partial charge in [0, 0.05) is 24.1 Å². The maximum absolute atomic E-state index is 12.7. The fourth-order valence-corrected chi connectivity index (χ4v) is 3.02. The molecule has 1 unspecified atom stereocenters. The number of carbonyl (C=O) groups is 1. The van der Waals surface area contributed by atoms with Crippen LogP contribution in [0.15, 0.2) is 21.9 Å². The first kappa shape index (κ1) is 21.5. The van der Waals surface area contributed by atoms with E-state index in [9.17, 15) is 18.0 Å². The summed E-state index contributed by atoms with van der Waals surface area (Å²) in [7, 11) is 0. The van der Waals surface area contributed by atoms with Crippen molar-refractivity contribution >= 4 is 27.5 Å². The molecular weight excluding hydrogens is 431 g/mol. The molecule has 150 valence electrons. The van der Waals surface area contributed by atoms with Gasteiger partial charge in [-0.1, -0.05) is 24.9 Å². The molecule has 2 rings (SSSR count). The summed E-state index contributed by atoms with van der Waals surface area (Å²) >= 11 is 3.07. The van der Waals surface area contributed by atoms with Gasteiger partial charge in [0.1, 0.15) is 17.3 Å². The van der Waals surface area contributed by atoms with Crippen LogP contribution in [-0.2, 0) is 0 Å². The number of hydrogen-bond acceptors (Lipinski definition) is 5. The molecular formula is C17H21BrF3N3O3. The standard InChI is InChI=1S/C17H21BrF3N3O3/c1-9(17(19,20)21)27-14-5-12(23-8-11(14)18)13(25)7-16(2,15(22)24-26)6-10-3-4-10/h5,8-10,26H,3-4,6-7H2,1-2H3,(H2,22,24)/t9-,16?/m0/s1. The molecule has 0 bridgehead atoms. The number of pyridine rings is 1. The van der Waals surface area contributed by atoms with E-state index in [0.717, 1.165) is 19.8 Å². The molecule has 6 nitrogen and oxygen atoms in total. The lowest BCUT2D eigenvalue weighted by Gasteiger charge is -2.27. The van der Waals surface area contributed by atoms with Crippen molar-refractivity contribution in [3.8, 4) is 5.75 Å². The number of amidine groups is 1. The summed E-state index contributed by atoms with van der Waals surface area (Å²) in [6.07, 6.45) is -2.83. The average Bonchev–Trinajstić information content (AvgIpc) is 3.38. The van der Waals surface area contributed by atoms with Crippen LogP contribution in [0, 0.1) is 11.3 Å². The Labute approximate surface area is 163 Å². The predicted molar refractivity (Wildman–Crippen MR) is 95.9 cm³/mol. The number of ether oxygens (including phenoxy) is 1. The van der Waals surface area contributed by atoms with Gasteiger partial charge in [-0.25, -0.2) is 0 Å². The molecule has 0 amide bonds. The van der Waals surface area contributed by atoms with E-state index in [1.54, 1.807) is 6.92 Å². The number of alkyl halides is 3. The fourth-order valence-electron chi connectivity index (χ4n) is 2.71. The van der Waals surface area contributed by atoms with Crippen LogP contribution >= 0.6 is 15.9 Å². The first-order valence-corrected chi connectivity index (χ1v) is 9.15. The van der Waals surface area contributed by atoms with Crippen LogP contribution in [0.2, 0.25) is 0 Å². The van der Waals surface area contributed by atoms with Gasteiger partial charge in [0.25, 0.3) is 0 Å². The van der Waals surface area contributed by atoms with E-state index in [4.69, 9.17) is 15.7 Å². The molecule has 27 heavy (non-hydrogen) atoms. The molecule has 1 aliphatic rings. The quantitative estimate of drug-likeness (QED) is 0.202. The molecule has 10 heteroatoms. The number of carbonyl (C=O) groups excluding carboxylic acids is 1. The highest BCUT2D eigenvalue weighted by atomic mass is 79.9. The minimum atomic E-state index is -4.54. The maximum atomic E-state index is 12.7. The van der Waals surface area contributed by atoms with Crippen LogP contribution in [-0.4, -0.2) is 34.1 Å². The summed E-state index contributed by atoms with van der Waals surface area (Å²) in [5, 5.41) is 12.1. The number of rotatable bonds is 8. The normalized spacial score (nSPS) is 18.7. The highest BCUT2D eigenvalue weighted by Gasteiger charge is 2.40. The van der Waals surface area contributed by atoms with E-state index in [2.05, 4.69) is 26.1 Å². The molecule has 0 spiro atoms. The Kier molecular flexibility index (Phi) is 6.39. The van der Waals surface area contributed by atoms with Crippen LogP contribution in [0.4, 0.5) is 13.2 Å². The Morgan fingerprint density at radius 2 is 2.15 bits per heavy atom. The largest absolute Gasteiger partial charge is 0.480 e. The molecule has 0 radical (unpaired) electrons. The van der Waals surface area contributed by atoms with Crippen LogP contribution in [0.5, 0.6) is 5.75 Å². The van der Waals surface area contributed by atoms with E-state index in [0.29, 0.717) is 12.3 Å². The first-order chi connectivity index (χ1) is 12.5. The third-order valence-corrected chi connectivity index (χ3v) is 5.18. The van der Waals surface area contributed by atoms with Gasteiger partial charge in [0.05, 0.1) is 4.47 Å². The number of oxime groups is 1. The Bertz CT molecular complexity index is 738. The summed E-state index contributed by atoms with van der Waals surface area (Å²) in [4.78, 5) is 16.7. The summed E-state index contributed by atoms with van der Waals surface area (Å²) in [6, 6.07) is 1.17. The summed E-state index contributed by atoms with van der Waals surface area (Å²) in [6.45, 7) is 2.60. The Morgan fingerprint density at radius 1 is 1.52 bits per heavy atom. The van der Waals surface area contributed by atoms with Gasteiger partial charge in [-0.15, -0.1) is 0 Å². The molecule has 3 N–H and O–H groups in total. The number of hydrogen-bond donors (Lipinski definition) is 2. The molecule has 1 heterocycles. The van der Waals surface area contributed by atoms with Crippen LogP contribution < -0.4 is 10.5 Å². The van der Waals surface area contributed by atoms with E-state index < -0.39 is 23.5 Å². The van der Waals surface area contributed by atoms with E-state index in [1.165, 1.54) is 12.3 Å².